The molecule has 0 radical (unpaired) electrons. The van der Waals surface area contributed by atoms with Crippen molar-refractivity contribution >= 4 is 34.9 Å². The van der Waals surface area contributed by atoms with Gasteiger partial charge in [-0.3, -0.25) is 29.1 Å². The first kappa shape index (κ1) is 29.3. The minimum atomic E-state index is -4.46. The number of ether oxygens (including phenoxy) is 1. The number of rotatable bonds is 7. The Bertz CT molecular complexity index is 1290. The van der Waals surface area contributed by atoms with E-state index in [1.807, 2.05) is 4.90 Å². The summed E-state index contributed by atoms with van der Waals surface area (Å²) in [5, 5.41) is -0.489. The second-order valence-electron chi connectivity index (χ2n) is 10.2. The molecule has 3 heterocycles. The van der Waals surface area contributed by atoms with E-state index < -0.39 is 22.9 Å². The zero-order chi connectivity index (χ0) is 29.0. The van der Waals surface area contributed by atoms with E-state index in [1.165, 1.54) is 12.1 Å². The lowest BCUT2D eigenvalue weighted by Gasteiger charge is -2.36. The Labute approximate surface area is 240 Å². The minimum Gasteiger partial charge on any atom is -0.379 e. The first-order valence-electron chi connectivity index (χ1n) is 13.5. The highest BCUT2D eigenvalue weighted by atomic mass is 32.2. The molecule has 0 aliphatic carbocycles. The van der Waals surface area contributed by atoms with E-state index in [1.54, 1.807) is 30.3 Å². The molecule has 3 amide bonds. The number of carbonyl (C=O) groups is 3. The van der Waals surface area contributed by atoms with Crippen molar-refractivity contribution in [2.45, 2.75) is 12.7 Å². The van der Waals surface area contributed by atoms with Gasteiger partial charge in [-0.2, -0.15) is 13.2 Å². The van der Waals surface area contributed by atoms with Crippen molar-refractivity contribution in [2.75, 3.05) is 65.6 Å². The number of piperazine rings is 1. The number of halogens is 3. The maximum atomic E-state index is 13.1. The molecule has 3 saturated heterocycles. The number of benzene rings is 2. The molecule has 0 saturated carbocycles. The van der Waals surface area contributed by atoms with Crippen LogP contribution in [0.1, 0.15) is 27.0 Å². The van der Waals surface area contributed by atoms with Crippen LogP contribution in [0.5, 0.6) is 0 Å². The number of alkyl halides is 3. The van der Waals surface area contributed by atoms with E-state index in [0.29, 0.717) is 29.8 Å². The van der Waals surface area contributed by atoms with Crippen LogP contribution in [0.4, 0.5) is 18.0 Å². The van der Waals surface area contributed by atoms with Crippen molar-refractivity contribution in [3.05, 3.63) is 75.7 Å². The summed E-state index contributed by atoms with van der Waals surface area (Å²) in [6.45, 7) is 8.36. The average Bonchev–Trinajstić information content (AvgIpc) is 3.24. The van der Waals surface area contributed by atoms with E-state index in [4.69, 9.17) is 4.74 Å². The molecule has 0 bridgehead atoms. The van der Waals surface area contributed by atoms with Crippen molar-refractivity contribution in [1.29, 1.82) is 0 Å². The van der Waals surface area contributed by atoms with Gasteiger partial charge in [0.1, 0.15) is 0 Å². The normalized spacial score (nSPS) is 20.3. The van der Waals surface area contributed by atoms with Crippen LogP contribution < -0.4 is 0 Å². The SMILES string of the molecule is O=C(c1ccc(/C=C2\SC(=O)N(Cc3ccc(C(F)(F)F)cc3)C2=O)cc1)N1CCN(CCN2CCOCC2)CC1. The van der Waals surface area contributed by atoms with Crippen molar-refractivity contribution in [2.24, 2.45) is 0 Å². The minimum absolute atomic E-state index is 0.0405. The van der Waals surface area contributed by atoms with Crippen LogP contribution in [-0.2, 0) is 22.3 Å². The smallest absolute Gasteiger partial charge is 0.379 e. The summed E-state index contributed by atoms with van der Waals surface area (Å²) in [7, 11) is 0. The number of morpholine rings is 1. The Hall–Kier alpha value is -3.19. The fourth-order valence-electron chi connectivity index (χ4n) is 4.96. The molecule has 5 rings (SSSR count). The van der Waals surface area contributed by atoms with Gasteiger partial charge >= 0.3 is 6.18 Å². The number of thioether (sulfide) groups is 1. The van der Waals surface area contributed by atoms with E-state index in [-0.39, 0.29) is 17.4 Å². The highest BCUT2D eigenvalue weighted by Crippen LogP contribution is 2.34. The summed E-state index contributed by atoms with van der Waals surface area (Å²) in [5.41, 5.74) is 0.843. The van der Waals surface area contributed by atoms with Crippen LogP contribution in [0.25, 0.3) is 6.08 Å². The number of imide groups is 1. The van der Waals surface area contributed by atoms with E-state index >= 15 is 0 Å². The molecule has 2 aromatic rings. The molecule has 3 aliphatic heterocycles. The molecule has 218 valence electrons. The third-order valence-electron chi connectivity index (χ3n) is 7.45. The Kier molecular flexibility index (Phi) is 9.12. The molecule has 3 aliphatic rings. The zero-order valence-corrected chi connectivity index (χ0v) is 23.3. The molecule has 8 nitrogen and oxygen atoms in total. The van der Waals surface area contributed by atoms with Gasteiger partial charge in [-0.15, -0.1) is 0 Å². The van der Waals surface area contributed by atoms with Crippen LogP contribution in [0, 0.1) is 0 Å². The molecule has 0 spiro atoms. The van der Waals surface area contributed by atoms with Crippen molar-refractivity contribution < 1.29 is 32.3 Å². The monoisotopic (exact) mass is 588 g/mol. The largest absolute Gasteiger partial charge is 0.416 e. The summed E-state index contributed by atoms with van der Waals surface area (Å²) in [4.78, 5) is 46.2. The van der Waals surface area contributed by atoms with Crippen LogP contribution in [0.15, 0.2) is 53.4 Å². The van der Waals surface area contributed by atoms with Gasteiger partial charge in [0.2, 0.25) is 0 Å². The fraction of sp³-hybridized carbons (Fsp3) is 0.414. The van der Waals surface area contributed by atoms with Gasteiger partial charge in [0.05, 0.1) is 30.2 Å². The summed E-state index contributed by atoms with van der Waals surface area (Å²) in [5.74, 6) is -0.548. The predicted molar refractivity (Wildman–Crippen MR) is 149 cm³/mol. The number of nitrogens with zero attached hydrogens (tertiary/aromatic N) is 4. The lowest BCUT2D eigenvalue weighted by atomic mass is 10.1. The van der Waals surface area contributed by atoms with Crippen LogP contribution >= 0.6 is 11.8 Å². The van der Waals surface area contributed by atoms with Gasteiger partial charge in [-0.1, -0.05) is 24.3 Å². The topological polar surface area (TPSA) is 73.4 Å². The van der Waals surface area contributed by atoms with E-state index in [2.05, 4.69) is 9.80 Å². The second kappa shape index (κ2) is 12.8. The molecule has 0 N–H and O–H groups in total. The standard InChI is InChI=1S/C29H31F3N4O4S/c30-29(31,32)24-7-3-22(4-8-24)20-36-27(38)25(41-28(36)39)19-21-1-5-23(6-2-21)26(37)35-13-11-33(12-14-35)9-10-34-15-17-40-18-16-34/h1-8,19H,9-18,20H2/b25-19-. The van der Waals surface area contributed by atoms with Gasteiger partial charge in [-0.05, 0) is 53.2 Å². The van der Waals surface area contributed by atoms with E-state index in [9.17, 15) is 27.6 Å². The molecular formula is C29H31F3N4O4S. The van der Waals surface area contributed by atoms with Gasteiger partial charge in [0, 0.05) is 57.9 Å². The highest BCUT2D eigenvalue weighted by molar-refractivity contribution is 8.18. The fourth-order valence-corrected chi connectivity index (χ4v) is 5.79. The quantitative estimate of drug-likeness (QED) is 0.453. The molecule has 0 unspecified atom stereocenters. The Morgan fingerprint density at radius 3 is 2.07 bits per heavy atom. The maximum Gasteiger partial charge on any atom is 0.416 e. The summed E-state index contributed by atoms with van der Waals surface area (Å²) in [6.07, 6.45) is -2.87. The third-order valence-corrected chi connectivity index (χ3v) is 8.35. The summed E-state index contributed by atoms with van der Waals surface area (Å²) < 4.78 is 43.8. The van der Waals surface area contributed by atoms with Crippen molar-refractivity contribution in [3.8, 4) is 0 Å². The van der Waals surface area contributed by atoms with Crippen molar-refractivity contribution in [3.63, 3.8) is 0 Å². The first-order chi connectivity index (χ1) is 19.7. The highest BCUT2D eigenvalue weighted by Gasteiger charge is 2.35. The van der Waals surface area contributed by atoms with Crippen LogP contribution in [-0.4, -0.2) is 102 Å². The zero-order valence-electron chi connectivity index (χ0n) is 22.4. The lowest BCUT2D eigenvalue weighted by molar-refractivity contribution is -0.137. The lowest BCUT2D eigenvalue weighted by Crippen LogP contribution is -2.51. The van der Waals surface area contributed by atoms with Gasteiger partial charge in [-0.25, -0.2) is 0 Å². The number of carbonyl (C=O) groups excluding carboxylic acids is 3. The summed E-state index contributed by atoms with van der Waals surface area (Å²) in [6, 6.07) is 11.3. The molecule has 0 aromatic heterocycles. The number of hydrogen-bond donors (Lipinski definition) is 0. The van der Waals surface area contributed by atoms with Crippen LogP contribution in [0.3, 0.4) is 0 Å². The molecule has 12 heteroatoms. The van der Waals surface area contributed by atoms with Gasteiger partial charge in [0.25, 0.3) is 17.1 Å². The van der Waals surface area contributed by atoms with Crippen molar-refractivity contribution in [1.82, 2.24) is 19.6 Å². The molecule has 41 heavy (non-hydrogen) atoms. The van der Waals surface area contributed by atoms with Gasteiger partial charge in [0.15, 0.2) is 0 Å². The third kappa shape index (κ3) is 7.37. The number of hydrogen-bond acceptors (Lipinski definition) is 7. The Morgan fingerprint density at radius 1 is 0.854 bits per heavy atom. The number of amides is 3. The van der Waals surface area contributed by atoms with E-state index in [0.717, 1.165) is 81.3 Å². The summed E-state index contributed by atoms with van der Waals surface area (Å²) >= 11 is 0.779. The molecule has 3 fully saturated rings. The van der Waals surface area contributed by atoms with Gasteiger partial charge < -0.3 is 9.64 Å². The maximum absolute atomic E-state index is 13.1. The first-order valence-corrected chi connectivity index (χ1v) is 14.3. The average molecular weight is 589 g/mol. The molecule has 2 aromatic carbocycles. The Balaban J connectivity index is 1.13. The van der Waals surface area contributed by atoms with Crippen LogP contribution in [0.2, 0.25) is 0 Å². The Morgan fingerprint density at radius 2 is 1.46 bits per heavy atom. The predicted octanol–water partition coefficient (Wildman–Crippen LogP) is 4.03. The molecule has 0 atom stereocenters. The second-order valence-corrected chi connectivity index (χ2v) is 11.2. The molecular weight excluding hydrogens is 557 g/mol.